The molecule has 1 aromatic carbocycles. The van der Waals surface area contributed by atoms with Gasteiger partial charge in [-0.2, -0.15) is 0 Å². The van der Waals surface area contributed by atoms with E-state index >= 15 is 0 Å². The van der Waals surface area contributed by atoms with Gasteiger partial charge in [-0.25, -0.2) is 0 Å². The Morgan fingerprint density at radius 1 is 1.06 bits per heavy atom. The van der Waals surface area contributed by atoms with Crippen molar-refractivity contribution in [2.45, 2.75) is 6.10 Å². The maximum absolute atomic E-state index is 10.2. The number of benzene rings is 1. The summed E-state index contributed by atoms with van der Waals surface area (Å²) in [5, 5.41) is 12.2. The number of furan rings is 1. The minimum atomic E-state index is -0.774. The average molecular weight is 225 g/mol. The molecule has 0 aliphatic heterocycles. The number of rotatable bonds is 2. The van der Waals surface area contributed by atoms with Crippen molar-refractivity contribution >= 4 is 10.8 Å². The lowest BCUT2D eigenvalue weighted by molar-refractivity contribution is 0.190. The molecule has 1 N–H and O–H groups in total. The monoisotopic (exact) mass is 225 g/mol. The van der Waals surface area contributed by atoms with E-state index in [-0.39, 0.29) is 0 Å². The van der Waals surface area contributed by atoms with Crippen molar-refractivity contribution in [2.24, 2.45) is 0 Å². The summed E-state index contributed by atoms with van der Waals surface area (Å²) >= 11 is 0. The van der Waals surface area contributed by atoms with Gasteiger partial charge in [0.1, 0.15) is 11.9 Å². The van der Waals surface area contributed by atoms with Crippen LogP contribution in [-0.2, 0) is 0 Å². The van der Waals surface area contributed by atoms with Crippen molar-refractivity contribution in [3.8, 4) is 0 Å². The normalized spacial score (nSPS) is 12.8. The molecule has 17 heavy (non-hydrogen) atoms. The van der Waals surface area contributed by atoms with Gasteiger partial charge in [0.15, 0.2) is 0 Å². The van der Waals surface area contributed by atoms with Crippen LogP contribution in [0.1, 0.15) is 17.4 Å². The molecule has 3 aromatic rings. The highest BCUT2D eigenvalue weighted by Crippen LogP contribution is 2.27. The number of fused-ring (bicyclic) bond motifs is 1. The zero-order valence-corrected chi connectivity index (χ0v) is 9.08. The molecule has 3 heteroatoms. The predicted octanol–water partition coefficient (Wildman–Crippen LogP) is 2.91. The molecule has 0 amide bonds. The molecule has 0 saturated carbocycles. The highest BCUT2D eigenvalue weighted by Gasteiger charge is 2.15. The van der Waals surface area contributed by atoms with Crippen LogP contribution in [0.2, 0.25) is 0 Å². The number of hydrogen-bond acceptors (Lipinski definition) is 3. The van der Waals surface area contributed by atoms with Crippen LogP contribution in [0.3, 0.4) is 0 Å². The second kappa shape index (κ2) is 4.03. The molecular formula is C14H11NO2. The van der Waals surface area contributed by atoms with Gasteiger partial charge in [-0.3, -0.25) is 4.98 Å². The standard InChI is InChI=1S/C14H11NO2/c16-14(13-6-3-7-17-13)12-9-15-8-10-4-1-2-5-11(10)12/h1-9,14,16H. The van der Waals surface area contributed by atoms with E-state index < -0.39 is 6.10 Å². The van der Waals surface area contributed by atoms with Crippen LogP contribution >= 0.6 is 0 Å². The molecule has 2 heterocycles. The molecule has 3 rings (SSSR count). The third kappa shape index (κ3) is 1.70. The molecule has 0 bridgehead atoms. The Bertz CT molecular complexity index is 626. The third-order valence-electron chi connectivity index (χ3n) is 2.81. The van der Waals surface area contributed by atoms with E-state index in [1.54, 1.807) is 30.8 Å². The predicted molar refractivity (Wildman–Crippen MR) is 64.5 cm³/mol. The van der Waals surface area contributed by atoms with Gasteiger partial charge in [-0.05, 0) is 17.5 Å². The number of aromatic nitrogens is 1. The topological polar surface area (TPSA) is 46.3 Å². The van der Waals surface area contributed by atoms with E-state index in [9.17, 15) is 5.11 Å². The first kappa shape index (κ1) is 10.1. The fraction of sp³-hybridized carbons (Fsp3) is 0.0714. The minimum absolute atomic E-state index is 0.531. The van der Waals surface area contributed by atoms with Crippen molar-refractivity contribution in [1.82, 2.24) is 4.98 Å². The quantitative estimate of drug-likeness (QED) is 0.729. The summed E-state index contributed by atoms with van der Waals surface area (Å²) in [6.45, 7) is 0. The summed E-state index contributed by atoms with van der Waals surface area (Å²) in [6.07, 6.45) is 4.24. The molecule has 0 aliphatic rings. The van der Waals surface area contributed by atoms with Crippen LogP contribution < -0.4 is 0 Å². The van der Waals surface area contributed by atoms with E-state index in [1.807, 2.05) is 24.3 Å². The van der Waals surface area contributed by atoms with Gasteiger partial charge in [0, 0.05) is 23.3 Å². The van der Waals surface area contributed by atoms with E-state index in [0.29, 0.717) is 5.76 Å². The Morgan fingerprint density at radius 3 is 2.76 bits per heavy atom. The first-order valence-electron chi connectivity index (χ1n) is 5.40. The fourth-order valence-electron chi connectivity index (χ4n) is 1.96. The molecule has 84 valence electrons. The van der Waals surface area contributed by atoms with Crippen molar-refractivity contribution < 1.29 is 9.52 Å². The summed E-state index contributed by atoms with van der Waals surface area (Å²) in [4.78, 5) is 4.14. The maximum atomic E-state index is 10.2. The van der Waals surface area contributed by atoms with E-state index in [0.717, 1.165) is 16.3 Å². The Hall–Kier alpha value is -2.13. The molecule has 2 aromatic heterocycles. The first-order chi connectivity index (χ1) is 8.36. The Balaban J connectivity index is 2.17. The average Bonchev–Trinajstić information content (AvgIpc) is 2.91. The van der Waals surface area contributed by atoms with E-state index in [1.165, 1.54) is 0 Å². The molecule has 0 radical (unpaired) electrons. The van der Waals surface area contributed by atoms with Crippen LogP contribution in [0.15, 0.2) is 59.5 Å². The molecule has 0 fully saturated rings. The molecule has 0 saturated heterocycles. The van der Waals surface area contributed by atoms with Gasteiger partial charge in [0.2, 0.25) is 0 Å². The van der Waals surface area contributed by atoms with Crippen LogP contribution in [-0.4, -0.2) is 10.1 Å². The zero-order valence-electron chi connectivity index (χ0n) is 9.08. The van der Waals surface area contributed by atoms with Gasteiger partial charge in [0.05, 0.1) is 6.26 Å². The number of aliphatic hydroxyl groups is 1. The number of hydrogen-bond donors (Lipinski definition) is 1. The van der Waals surface area contributed by atoms with Crippen LogP contribution in [0.5, 0.6) is 0 Å². The molecular weight excluding hydrogens is 214 g/mol. The van der Waals surface area contributed by atoms with Gasteiger partial charge < -0.3 is 9.52 Å². The van der Waals surface area contributed by atoms with Crippen LogP contribution in [0.4, 0.5) is 0 Å². The fourth-order valence-corrected chi connectivity index (χ4v) is 1.96. The van der Waals surface area contributed by atoms with Crippen molar-refractivity contribution in [2.75, 3.05) is 0 Å². The molecule has 1 unspecified atom stereocenters. The summed E-state index contributed by atoms with van der Waals surface area (Å²) in [5.74, 6) is 0.531. The summed E-state index contributed by atoms with van der Waals surface area (Å²) in [5.41, 5.74) is 0.762. The highest BCUT2D eigenvalue weighted by atomic mass is 16.4. The summed E-state index contributed by atoms with van der Waals surface area (Å²) in [6, 6.07) is 11.4. The second-order valence-electron chi connectivity index (χ2n) is 3.87. The van der Waals surface area contributed by atoms with Gasteiger partial charge in [-0.1, -0.05) is 24.3 Å². The van der Waals surface area contributed by atoms with E-state index in [2.05, 4.69) is 4.98 Å². The lowest BCUT2D eigenvalue weighted by Crippen LogP contribution is -1.99. The van der Waals surface area contributed by atoms with Crippen molar-refractivity contribution in [3.05, 3.63) is 66.4 Å². The Kier molecular flexibility index (Phi) is 2.38. The maximum Gasteiger partial charge on any atom is 0.139 e. The third-order valence-corrected chi connectivity index (χ3v) is 2.81. The Labute approximate surface area is 98.3 Å². The SMILES string of the molecule is OC(c1ccco1)c1cncc2ccccc12. The number of nitrogens with zero attached hydrogens (tertiary/aromatic N) is 1. The lowest BCUT2D eigenvalue weighted by atomic mass is 10.0. The minimum Gasteiger partial charge on any atom is -0.466 e. The molecule has 0 spiro atoms. The summed E-state index contributed by atoms with van der Waals surface area (Å²) < 4.78 is 5.22. The largest absolute Gasteiger partial charge is 0.466 e. The molecule has 3 nitrogen and oxygen atoms in total. The van der Waals surface area contributed by atoms with Crippen molar-refractivity contribution in [1.29, 1.82) is 0 Å². The number of pyridine rings is 1. The van der Waals surface area contributed by atoms with Crippen LogP contribution in [0.25, 0.3) is 10.8 Å². The van der Waals surface area contributed by atoms with E-state index in [4.69, 9.17) is 4.42 Å². The smallest absolute Gasteiger partial charge is 0.139 e. The second-order valence-corrected chi connectivity index (χ2v) is 3.87. The first-order valence-corrected chi connectivity index (χ1v) is 5.40. The summed E-state index contributed by atoms with van der Waals surface area (Å²) in [7, 11) is 0. The van der Waals surface area contributed by atoms with Crippen molar-refractivity contribution in [3.63, 3.8) is 0 Å². The molecule has 0 aliphatic carbocycles. The van der Waals surface area contributed by atoms with Gasteiger partial charge in [0.25, 0.3) is 0 Å². The Morgan fingerprint density at radius 2 is 1.94 bits per heavy atom. The van der Waals surface area contributed by atoms with Crippen LogP contribution in [0, 0.1) is 0 Å². The highest BCUT2D eigenvalue weighted by molar-refractivity contribution is 5.85. The molecule has 1 atom stereocenters. The van der Waals surface area contributed by atoms with Gasteiger partial charge in [-0.15, -0.1) is 0 Å². The van der Waals surface area contributed by atoms with Gasteiger partial charge >= 0.3 is 0 Å². The lowest BCUT2D eigenvalue weighted by Gasteiger charge is -2.10. The zero-order chi connectivity index (χ0) is 11.7. The number of aliphatic hydroxyl groups excluding tert-OH is 1.